The van der Waals surface area contributed by atoms with Crippen LogP contribution in [0.2, 0.25) is 0 Å². The zero-order valence-corrected chi connectivity index (χ0v) is 20.9. The molecule has 3 aromatic rings. The van der Waals surface area contributed by atoms with E-state index >= 15 is 0 Å². The molecule has 6 nitrogen and oxygen atoms in total. The Labute approximate surface area is 208 Å². The van der Waals surface area contributed by atoms with Crippen LogP contribution in [0, 0.1) is 12.8 Å². The van der Waals surface area contributed by atoms with Crippen LogP contribution in [-0.2, 0) is 16.6 Å². The third-order valence-corrected chi connectivity index (χ3v) is 9.02. The van der Waals surface area contributed by atoms with E-state index in [2.05, 4.69) is 5.32 Å². The number of sulfonamides is 1. The fourth-order valence-electron chi connectivity index (χ4n) is 5.43. The molecule has 0 bridgehead atoms. The average Bonchev–Trinajstić information content (AvgIpc) is 3.37. The maximum Gasteiger partial charge on any atom is 0.264 e. The highest BCUT2D eigenvalue weighted by atomic mass is 32.2. The van der Waals surface area contributed by atoms with Crippen molar-refractivity contribution >= 4 is 15.7 Å². The molecule has 0 radical (unpaired) electrons. The van der Waals surface area contributed by atoms with Crippen LogP contribution >= 0.6 is 0 Å². The molecular weight excluding hydrogens is 458 g/mol. The number of nitrogens with zero attached hydrogens (tertiary/aromatic N) is 1. The van der Waals surface area contributed by atoms with Crippen LogP contribution in [0.25, 0.3) is 0 Å². The highest BCUT2D eigenvalue weighted by molar-refractivity contribution is 7.92. The molecule has 0 spiro atoms. The molecule has 184 valence electrons. The molecule has 3 aromatic carbocycles. The smallest absolute Gasteiger partial charge is 0.264 e. The maximum atomic E-state index is 14.1. The quantitative estimate of drug-likeness (QED) is 0.483. The zero-order valence-electron chi connectivity index (χ0n) is 20.1. The van der Waals surface area contributed by atoms with Gasteiger partial charge in [0, 0.05) is 12.0 Å². The highest BCUT2D eigenvalue weighted by Gasteiger charge is 2.47. The lowest BCUT2D eigenvalue weighted by atomic mass is 9.81. The second kappa shape index (κ2) is 10.0. The maximum absolute atomic E-state index is 14.1. The van der Waals surface area contributed by atoms with Crippen molar-refractivity contribution in [2.24, 2.45) is 11.7 Å². The van der Waals surface area contributed by atoms with Crippen LogP contribution in [-0.4, -0.2) is 27.5 Å². The van der Waals surface area contributed by atoms with Crippen molar-refractivity contribution in [3.8, 4) is 5.75 Å². The van der Waals surface area contributed by atoms with Gasteiger partial charge in [-0.15, -0.1) is 0 Å². The van der Waals surface area contributed by atoms with Crippen LogP contribution in [0.15, 0.2) is 77.7 Å². The molecule has 2 aliphatic heterocycles. The van der Waals surface area contributed by atoms with E-state index in [-0.39, 0.29) is 18.0 Å². The second-order valence-corrected chi connectivity index (χ2v) is 11.3. The van der Waals surface area contributed by atoms with Gasteiger partial charge in [-0.3, -0.25) is 4.31 Å². The van der Waals surface area contributed by atoms with Crippen molar-refractivity contribution in [2.45, 2.75) is 49.8 Å². The van der Waals surface area contributed by atoms with E-state index in [1.165, 1.54) is 0 Å². The normalized spacial score (nSPS) is 21.4. The monoisotopic (exact) mass is 491 g/mol. The minimum atomic E-state index is -3.75. The average molecular weight is 492 g/mol. The van der Waals surface area contributed by atoms with Crippen molar-refractivity contribution in [2.75, 3.05) is 17.4 Å². The molecule has 1 fully saturated rings. The van der Waals surface area contributed by atoms with E-state index < -0.39 is 10.0 Å². The van der Waals surface area contributed by atoms with Crippen LogP contribution in [0.4, 0.5) is 5.69 Å². The predicted molar refractivity (Wildman–Crippen MR) is 139 cm³/mol. The van der Waals surface area contributed by atoms with Crippen LogP contribution in [0.5, 0.6) is 5.75 Å². The van der Waals surface area contributed by atoms with Crippen molar-refractivity contribution in [1.29, 1.82) is 0 Å². The van der Waals surface area contributed by atoms with Crippen molar-refractivity contribution in [3.63, 3.8) is 0 Å². The summed E-state index contributed by atoms with van der Waals surface area (Å²) in [7, 11) is -3.75. The van der Waals surface area contributed by atoms with Gasteiger partial charge in [0.25, 0.3) is 10.0 Å². The summed E-state index contributed by atoms with van der Waals surface area (Å²) < 4.78 is 35.9. The van der Waals surface area contributed by atoms with Gasteiger partial charge in [0.15, 0.2) is 0 Å². The number of rotatable bonds is 8. The zero-order chi connectivity index (χ0) is 24.4. The number of nitrogens with two attached hydrogens (primary N) is 1. The number of aryl methyl sites for hydroxylation is 1. The number of hydrogen-bond donors (Lipinski definition) is 2. The summed E-state index contributed by atoms with van der Waals surface area (Å²) in [5.41, 5.74) is 9.70. The lowest BCUT2D eigenvalue weighted by Crippen LogP contribution is -2.50. The molecule has 1 saturated heterocycles. The molecule has 0 unspecified atom stereocenters. The summed E-state index contributed by atoms with van der Waals surface area (Å²) in [5, 5.41) is 3.63. The Morgan fingerprint density at radius 3 is 2.57 bits per heavy atom. The molecule has 0 saturated carbocycles. The van der Waals surface area contributed by atoms with Gasteiger partial charge in [-0.05, 0) is 80.7 Å². The molecule has 3 atom stereocenters. The first kappa shape index (κ1) is 23.9. The predicted octanol–water partition coefficient (Wildman–Crippen LogP) is 4.54. The minimum absolute atomic E-state index is 0.0949. The van der Waals surface area contributed by atoms with Gasteiger partial charge in [0.1, 0.15) is 12.4 Å². The second-order valence-electron chi connectivity index (χ2n) is 9.49. The van der Waals surface area contributed by atoms with E-state index in [1.807, 2.05) is 67.6 Å². The molecule has 0 amide bonds. The first-order valence-corrected chi connectivity index (χ1v) is 13.8. The number of nitrogens with one attached hydrogen (secondary N) is 1. The highest BCUT2D eigenvalue weighted by Crippen LogP contribution is 2.49. The minimum Gasteiger partial charge on any atom is -0.489 e. The molecule has 3 N–H and O–H groups in total. The van der Waals surface area contributed by atoms with Gasteiger partial charge in [0.05, 0.1) is 16.6 Å². The molecule has 0 aromatic heterocycles. The fourth-order valence-corrected chi connectivity index (χ4v) is 7.18. The lowest BCUT2D eigenvalue weighted by Gasteiger charge is -2.44. The van der Waals surface area contributed by atoms with Gasteiger partial charge in [-0.1, -0.05) is 48.0 Å². The summed E-state index contributed by atoms with van der Waals surface area (Å²) in [6.45, 7) is 3.83. The summed E-state index contributed by atoms with van der Waals surface area (Å²) >= 11 is 0. The van der Waals surface area contributed by atoms with E-state index in [1.54, 1.807) is 16.4 Å². The first-order chi connectivity index (χ1) is 17.0. The third-order valence-electron chi connectivity index (χ3n) is 7.17. The molecule has 5 rings (SSSR count). The Morgan fingerprint density at radius 1 is 1.06 bits per heavy atom. The van der Waals surface area contributed by atoms with E-state index in [0.717, 1.165) is 53.9 Å². The standard InChI is InChI=1S/C28H33N3O3S/c1-20-9-12-23(13-10-20)35(32,33)31-26(8-5-16-29)24-15-17-30-28(24)25-18-22(11-14-27(25)31)34-19-21-6-3-2-4-7-21/h2-4,6-7,9-14,18,24,26,28,30H,5,8,15-17,19,29H2,1H3/t24-,26-,28-/m0/s1. The Kier molecular flexibility index (Phi) is 6.82. The molecule has 35 heavy (non-hydrogen) atoms. The Bertz CT molecular complexity index is 1260. The molecule has 2 heterocycles. The number of fused-ring (bicyclic) bond motifs is 3. The topological polar surface area (TPSA) is 84.7 Å². The molecule has 7 heteroatoms. The van der Waals surface area contributed by atoms with Gasteiger partial charge in [-0.2, -0.15) is 0 Å². The molecular formula is C28H33N3O3S. The summed E-state index contributed by atoms with van der Waals surface area (Å²) in [6.07, 6.45) is 2.44. The SMILES string of the molecule is Cc1ccc(S(=O)(=O)N2c3ccc(OCc4ccccc4)cc3[C@H]3NCC[C@H]3[C@@H]2CCCN)cc1. The van der Waals surface area contributed by atoms with E-state index in [0.29, 0.717) is 18.0 Å². The Hall–Kier alpha value is -2.87. The van der Waals surface area contributed by atoms with Gasteiger partial charge >= 0.3 is 0 Å². The Morgan fingerprint density at radius 2 is 1.83 bits per heavy atom. The first-order valence-electron chi connectivity index (χ1n) is 12.3. The fraction of sp³-hybridized carbons (Fsp3) is 0.357. The van der Waals surface area contributed by atoms with Crippen molar-refractivity contribution in [3.05, 3.63) is 89.5 Å². The number of ether oxygens (including phenoxy) is 1. The Balaban J connectivity index is 1.55. The number of anilines is 1. The van der Waals surface area contributed by atoms with Gasteiger partial charge in [-0.25, -0.2) is 8.42 Å². The summed E-state index contributed by atoms with van der Waals surface area (Å²) in [6, 6.07) is 22.9. The van der Waals surface area contributed by atoms with Crippen LogP contribution in [0.3, 0.4) is 0 Å². The van der Waals surface area contributed by atoms with Gasteiger partial charge < -0.3 is 15.8 Å². The molecule has 2 aliphatic rings. The largest absolute Gasteiger partial charge is 0.489 e. The van der Waals surface area contributed by atoms with Crippen LogP contribution in [0.1, 0.15) is 42.0 Å². The lowest BCUT2D eigenvalue weighted by molar-refractivity contribution is 0.303. The van der Waals surface area contributed by atoms with Crippen molar-refractivity contribution in [1.82, 2.24) is 5.32 Å². The van der Waals surface area contributed by atoms with Gasteiger partial charge in [0.2, 0.25) is 0 Å². The summed E-state index contributed by atoms with van der Waals surface area (Å²) in [5.74, 6) is 0.923. The number of benzene rings is 3. The number of hydrogen-bond acceptors (Lipinski definition) is 5. The van der Waals surface area contributed by atoms with E-state index in [4.69, 9.17) is 10.5 Å². The van der Waals surface area contributed by atoms with Crippen molar-refractivity contribution < 1.29 is 13.2 Å². The van der Waals surface area contributed by atoms with Crippen LogP contribution < -0.4 is 20.1 Å². The third kappa shape index (κ3) is 4.68. The molecule has 0 aliphatic carbocycles. The van der Waals surface area contributed by atoms with E-state index in [9.17, 15) is 8.42 Å². The summed E-state index contributed by atoms with van der Waals surface area (Å²) in [4.78, 5) is 0.320.